The number of hydrogen-bond donors (Lipinski definition) is 1. The number of thiazole rings is 1. The number of nitrogens with zero attached hydrogens (tertiary/aromatic N) is 1. The molecule has 7 heteroatoms. The molecule has 2 rings (SSSR count). The summed E-state index contributed by atoms with van der Waals surface area (Å²) in [4.78, 5) is 17.0. The molecule has 0 aliphatic rings. The quantitative estimate of drug-likeness (QED) is 0.869. The van der Waals surface area contributed by atoms with Gasteiger partial charge in [0.1, 0.15) is 4.88 Å². The zero-order valence-electron chi connectivity index (χ0n) is 7.84. The molecule has 0 saturated heterocycles. The lowest BCUT2D eigenvalue weighted by molar-refractivity contribution is 0.0702. The maximum absolute atomic E-state index is 10.7. The highest BCUT2D eigenvalue weighted by molar-refractivity contribution is 7.98. The van der Waals surface area contributed by atoms with Crippen LogP contribution in [0.15, 0.2) is 22.5 Å². The molecule has 1 N–H and O–H groups in total. The van der Waals surface area contributed by atoms with Gasteiger partial charge in [-0.2, -0.15) is 0 Å². The van der Waals surface area contributed by atoms with Crippen molar-refractivity contribution in [1.82, 2.24) is 4.98 Å². The Morgan fingerprint density at radius 1 is 1.62 bits per heavy atom. The van der Waals surface area contributed by atoms with E-state index in [4.69, 9.17) is 16.7 Å². The molecule has 0 atom stereocenters. The van der Waals surface area contributed by atoms with Gasteiger partial charge < -0.3 is 5.11 Å². The lowest BCUT2D eigenvalue weighted by Gasteiger charge is -1.93. The fourth-order valence-corrected chi connectivity index (χ4v) is 3.88. The number of aromatic carboxylic acids is 1. The molecule has 0 unspecified atom stereocenters. The average molecular weight is 292 g/mol. The summed E-state index contributed by atoms with van der Waals surface area (Å²) >= 11 is 9.97. The van der Waals surface area contributed by atoms with Crippen molar-refractivity contribution in [3.63, 3.8) is 0 Å². The highest BCUT2D eigenvalue weighted by Gasteiger charge is 2.07. The van der Waals surface area contributed by atoms with Crippen molar-refractivity contribution in [3.05, 3.63) is 31.9 Å². The first kappa shape index (κ1) is 11.9. The van der Waals surface area contributed by atoms with E-state index >= 15 is 0 Å². The minimum absolute atomic E-state index is 0.366. The van der Waals surface area contributed by atoms with Crippen LogP contribution in [-0.4, -0.2) is 16.1 Å². The monoisotopic (exact) mass is 291 g/mol. The minimum atomic E-state index is -0.877. The average Bonchev–Trinajstić information content (AvgIpc) is 2.83. The molecule has 0 spiro atoms. The molecule has 0 saturated carbocycles. The molecule has 0 aliphatic heterocycles. The molecule has 0 aliphatic carbocycles. The second-order valence-corrected chi connectivity index (χ2v) is 6.48. The number of thiophene rings is 1. The summed E-state index contributed by atoms with van der Waals surface area (Å²) < 4.78 is 0.534. The number of carboxylic acid groups (broad SMARTS) is 1. The van der Waals surface area contributed by atoms with Crippen LogP contribution in [-0.2, 0) is 5.75 Å². The Bertz CT molecular complexity index is 508. The SMILES string of the molecule is O=C(O)c1cc(SCc2cnc(Cl)s2)cs1. The number of halogens is 1. The molecule has 2 aromatic rings. The molecule has 0 amide bonds. The predicted octanol–water partition coefficient (Wildman–Crippen LogP) is 3.85. The molecule has 2 aromatic heterocycles. The highest BCUT2D eigenvalue weighted by Crippen LogP contribution is 2.30. The van der Waals surface area contributed by atoms with E-state index in [0.717, 1.165) is 15.5 Å². The van der Waals surface area contributed by atoms with Crippen LogP contribution in [0.25, 0.3) is 0 Å². The second-order valence-electron chi connectivity index (χ2n) is 2.82. The van der Waals surface area contributed by atoms with E-state index in [1.54, 1.807) is 24.0 Å². The number of carbonyl (C=O) groups is 1. The fourth-order valence-electron chi connectivity index (χ4n) is 1.01. The predicted molar refractivity (Wildman–Crippen MR) is 68.0 cm³/mol. The first-order valence-electron chi connectivity index (χ1n) is 4.20. The standard InChI is InChI=1S/C9H6ClNO2S3/c10-9-11-2-6(16-9)4-14-5-1-7(8(12)13)15-3-5/h1-3H,4H2,(H,12,13). The summed E-state index contributed by atoms with van der Waals surface area (Å²) in [5.74, 6) is -0.113. The Kier molecular flexibility index (Phi) is 3.86. The van der Waals surface area contributed by atoms with E-state index in [1.807, 2.05) is 5.38 Å². The molecule has 2 heterocycles. The van der Waals surface area contributed by atoms with Crippen molar-refractivity contribution < 1.29 is 9.90 Å². The Morgan fingerprint density at radius 2 is 2.44 bits per heavy atom. The Labute approximate surface area is 109 Å². The molecule has 0 aromatic carbocycles. The van der Waals surface area contributed by atoms with Gasteiger partial charge in [-0.15, -0.1) is 34.4 Å². The van der Waals surface area contributed by atoms with Crippen LogP contribution in [0.2, 0.25) is 4.47 Å². The molecule has 84 valence electrons. The van der Waals surface area contributed by atoms with Crippen molar-refractivity contribution in [2.24, 2.45) is 0 Å². The number of hydrogen-bond acceptors (Lipinski definition) is 5. The van der Waals surface area contributed by atoms with Gasteiger partial charge >= 0.3 is 5.97 Å². The number of carboxylic acids is 1. The van der Waals surface area contributed by atoms with E-state index in [9.17, 15) is 4.79 Å². The van der Waals surface area contributed by atoms with Gasteiger partial charge in [-0.05, 0) is 6.07 Å². The smallest absolute Gasteiger partial charge is 0.345 e. The van der Waals surface area contributed by atoms with Crippen molar-refractivity contribution in [2.75, 3.05) is 0 Å². The van der Waals surface area contributed by atoms with Crippen LogP contribution in [0.3, 0.4) is 0 Å². The van der Waals surface area contributed by atoms with Gasteiger partial charge in [0.25, 0.3) is 0 Å². The van der Waals surface area contributed by atoms with Gasteiger partial charge in [0.05, 0.1) is 0 Å². The van der Waals surface area contributed by atoms with Crippen LogP contribution >= 0.6 is 46.0 Å². The second kappa shape index (κ2) is 5.18. The first-order valence-corrected chi connectivity index (χ1v) is 7.26. The van der Waals surface area contributed by atoms with Gasteiger partial charge in [0.15, 0.2) is 4.47 Å². The lowest BCUT2D eigenvalue weighted by atomic mass is 10.5. The van der Waals surface area contributed by atoms with E-state index < -0.39 is 5.97 Å². The van der Waals surface area contributed by atoms with E-state index in [-0.39, 0.29) is 0 Å². The van der Waals surface area contributed by atoms with Gasteiger partial charge in [-0.1, -0.05) is 11.6 Å². The fraction of sp³-hybridized carbons (Fsp3) is 0.111. The molecule has 16 heavy (non-hydrogen) atoms. The first-order chi connectivity index (χ1) is 7.65. The summed E-state index contributed by atoms with van der Waals surface area (Å²) in [5.41, 5.74) is 0. The Hall–Kier alpha value is -0.560. The third kappa shape index (κ3) is 2.98. The van der Waals surface area contributed by atoms with Crippen molar-refractivity contribution >= 4 is 52.0 Å². The summed E-state index contributed by atoms with van der Waals surface area (Å²) in [6.07, 6.45) is 1.74. The summed E-state index contributed by atoms with van der Waals surface area (Å²) in [6, 6.07) is 1.68. The van der Waals surface area contributed by atoms with Gasteiger partial charge in [-0.3, -0.25) is 0 Å². The number of thioether (sulfide) groups is 1. The molecule has 0 bridgehead atoms. The van der Waals surface area contributed by atoms with Gasteiger partial charge in [-0.25, -0.2) is 9.78 Å². The van der Waals surface area contributed by atoms with Crippen molar-refractivity contribution in [1.29, 1.82) is 0 Å². The zero-order valence-corrected chi connectivity index (χ0v) is 11.0. The lowest BCUT2D eigenvalue weighted by Crippen LogP contribution is -1.89. The third-order valence-corrected chi connectivity index (χ3v) is 5.08. The van der Waals surface area contributed by atoms with Crippen molar-refractivity contribution in [3.8, 4) is 0 Å². The van der Waals surface area contributed by atoms with Crippen LogP contribution < -0.4 is 0 Å². The minimum Gasteiger partial charge on any atom is -0.477 e. The van der Waals surface area contributed by atoms with Crippen LogP contribution in [0.5, 0.6) is 0 Å². The molecule has 0 radical (unpaired) electrons. The molecular weight excluding hydrogens is 286 g/mol. The van der Waals surface area contributed by atoms with E-state index in [1.165, 1.54) is 22.7 Å². The van der Waals surface area contributed by atoms with Gasteiger partial charge in [0, 0.05) is 27.1 Å². The molecule has 0 fully saturated rings. The summed E-state index contributed by atoms with van der Waals surface area (Å²) in [7, 11) is 0. The van der Waals surface area contributed by atoms with Crippen LogP contribution in [0.1, 0.15) is 14.5 Å². The van der Waals surface area contributed by atoms with Crippen LogP contribution in [0, 0.1) is 0 Å². The maximum atomic E-state index is 10.7. The van der Waals surface area contributed by atoms with Crippen LogP contribution in [0.4, 0.5) is 0 Å². The Balaban J connectivity index is 1.97. The Morgan fingerprint density at radius 3 is 3.00 bits per heavy atom. The van der Waals surface area contributed by atoms with E-state index in [2.05, 4.69) is 4.98 Å². The number of aromatic nitrogens is 1. The zero-order chi connectivity index (χ0) is 11.5. The topological polar surface area (TPSA) is 50.2 Å². The molecule has 3 nitrogen and oxygen atoms in total. The summed E-state index contributed by atoms with van der Waals surface area (Å²) in [6.45, 7) is 0. The van der Waals surface area contributed by atoms with Gasteiger partial charge in [0.2, 0.25) is 0 Å². The third-order valence-electron chi connectivity index (χ3n) is 1.69. The molecular formula is C9H6ClNO2S3. The largest absolute Gasteiger partial charge is 0.477 e. The summed E-state index contributed by atoms with van der Waals surface area (Å²) in [5, 5.41) is 10.6. The van der Waals surface area contributed by atoms with E-state index in [0.29, 0.717) is 9.34 Å². The normalized spacial score (nSPS) is 10.6. The number of rotatable bonds is 4. The van der Waals surface area contributed by atoms with Crippen molar-refractivity contribution in [2.45, 2.75) is 10.6 Å². The highest BCUT2D eigenvalue weighted by atomic mass is 35.5. The maximum Gasteiger partial charge on any atom is 0.345 e.